The van der Waals surface area contributed by atoms with Gasteiger partial charge in [-0.15, -0.1) is 34.2 Å². The third kappa shape index (κ3) is 7.18. The van der Waals surface area contributed by atoms with Gasteiger partial charge in [-0.05, 0) is 44.2 Å². The highest BCUT2D eigenvalue weighted by molar-refractivity contribution is 14.0. The molecular weight excluding hydrogens is 527 g/mol. The summed E-state index contributed by atoms with van der Waals surface area (Å²) in [5, 5.41) is 15.3. The zero-order valence-corrected chi connectivity index (χ0v) is 21.8. The van der Waals surface area contributed by atoms with Crippen molar-refractivity contribution in [3.63, 3.8) is 0 Å². The minimum atomic E-state index is 0. The van der Waals surface area contributed by atoms with E-state index in [0.29, 0.717) is 19.0 Å². The average molecular weight is 560 g/mol. The summed E-state index contributed by atoms with van der Waals surface area (Å²) in [5.74, 6) is 4.10. The minimum absolute atomic E-state index is 0. The number of aryl methyl sites for hydroxylation is 1. The molecule has 1 aliphatic carbocycles. The predicted octanol–water partition coefficient (Wildman–Crippen LogP) is 4.53. The van der Waals surface area contributed by atoms with Gasteiger partial charge in [0.1, 0.15) is 11.6 Å². The molecular formula is C25H33IN6O. The first-order valence-corrected chi connectivity index (χ1v) is 11.3. The van der Waals surface area contributed by atoms with Crippen molar-refractivity contribution in [1.29, 1.82) is 0 Å². The molecule has 2 aromatic carbocycles. The first kappa shape index (κ1) is 25.0. The molecule has 1 aromatic heterocycles. The van der Waals surface area contributed by atoms with Crippen molar-refractivity contribution in [3.05, 3.63) is 77.4 Å². The molecule has 0 amide bonds. The highest BCUT2D eigenvalue weighted by Crippen LogP contribution is 2.30. The van der Waals surface area contributed by atoms with Gasteiger partial charge < -0.3 is 19.9 Å². The molecule has 0 bridgehead atoms. The Kier molecular flexibility index (Phi) is 9.11. The monoisotopic (exact) mass is 560 g/mol. The zero-order valence-electron chi connectivity index (χ0n) is 19.5. The molecule has 7 nitrogen and oxygen atoms in total. The van der Waals surface area contributed by atoms with Crippen LogP contribution in [-0.2, 0) is 20.1 Å². The molecule has 33 heavy (non-hydrogen) atoms. The number of para-hydroxylation sites is 1. The van der Waals surface area contributed by atoms with Crippen LogP contribution in [0.25, 0.3) is 0 Å². The Morgan fingerprint density at radius 1 is 1.12 bits per heavy atom. The normalized spacial score (nSPS) is 14.3. The number of aromatic nitrogens is 3. The number of ether oxygens (including phenoxy) is 1. The molecule has 0 aliphatic heterocycles. The standard InChI is InChI=1S/C25H32N6O.HI/c1-18(21-9-5-4-6-10-21)28-25(27-16-24-30-29-19(2)31(24)3)26-15-22-11-7-8-12-23(22)32-17-20-13-14-20;/h4-12,18,20H,13-17H2,1-3H3,(H2,26,27,28);1H. The van der Waals surface area contributed by atoms with E-state index in [1.165, 1.54) is 18.4 Å². The summed E-state index contributed by atoms with van der Waals surface area (Å²) < 4.78 is 8.04. The number of halogens is 1. The van der Waals surface area contributed by atoms with Gasteiger partial charge in [0, 0.05) is 12.6 Å². The Morgan fingerprint density at radius 2 is 1.85 bits per heavy atom. The van der Waals surface area contributed by atoms with E-state index in [0.717, 1.165) is 35.5 Å². The summed E-state index contributed by atoms with van der Waals surface area (Å²) in [7, 11) is 1.97. The summed E-state index contributed by atoms with van der Waals surface area (Å²) in [4.78, 5) is 4.87. The van der Waals surface area contributed by atoms with E-state index in [4.69, 9.17) is 9.73 Å². The molecule has 1 aliphatic rings. The van der Waals surface area contributed by atoms with Crippen LogP contribution in [0.4, 0.5) is 0 Å². The quantitative estimate of drug-likeness (QED) is 0.229. The fraction of sp³-hybridized carbons (Fsp3) is 0.400. The van der Waals surface area contributed by atoms with Gasteiger partial charge in [-0.1, -0.05) is 48.5 Å². The first-order valence-electron chi connectivity index (χ1n) is 11.3. The Bertz CT molecular complexity index is 1050. The van der Waals surface area contributed by atoms with Crippen molar-refractivity contribution in [1.82, 2.24) is 25.4 Å². The maximum absolute atomic E-state index is 6.06. The van der Waals surface area contributed by atoms with Crippen LogP contribution < -0.4 is 15.4 Å². The number of nitrogens with one attached hydrogen (secondary N) is 2. The molecule has 2 N–H and O–H groups in total. The molecule has 3 aromatic rings. The maximum Gasteiger partial charge on any atom is 0.192 e. The van der Waals surface area contributed by atoms with E-state index in [2.05, 4.69) is 46.0 Å². The Balaban J connectivity index is 0.00000306. The Labute approximate surface area is 213 Å². The van der Waals surface area contributed by atoms with E-state index in [1.807, 2.05) is 54.9 Å². The van der Waals surface area contributed by atoms with Gasteiger partial charge in [-0.3, -0.25) is 0 Å². The molecule has 1 unspecified atom stereocenters. The van der Waals surface area contributed by atoms with Crippen molar-refractivity contribution >= 4 is 29.9 Å². The van der Waals surface area contributed by atoms with Crippen LogP contribution in [0.1, 0.15) is 48.6 Å². The van der Waals surface area contributed by atoms with Crippen molar-refractivity contribution in [2.75, 3.05) is 6.61 Å². The third-order valence-corrected chi connectivity index (χ3v) is 5.80. The van der Waals surface area contributed by atoms with Crippen LogP contribution >= 0.6 is 24.0 Å². The largest absolute Gasteiger partial charge is 0.493 e. The molecule has 0 radical (unpaired) electrons. The topological polar surface area (TPSA) is 76.4 Å². The molecule has 1 saturated carbocycles. The molecule has 176 valence electrons. The third-order valence-electron chi connectivity index (χ3n) is 5.80. The summed E-state index contributed by atoms with van der Waals surface area (Å²) in [6.07, 6.45) is 2.55. The molecule has 0 saturated heterocycles. The fourth-order valence-corrected chi connectivity index (χ4v) is 3.38. The van der Waals surface area contributed by atoms with Crippen LogP contribution in [0.5, 0.6) is 5.75 Å². The number of hydrogen-bond donors (Lipinski definition) is 2. The van der Waals surface area contributed by atoms with E-state index in [-0.39, 0.29) is 30.0 Å². The predicted molar refractivity (Wildman–Crippen MR) is 142 cm³/mol. The lowest BCUT2D eigenvalue weighted by Gasteiger charge is -2.19. The molecule has 4 rings (SSSR count). The number of rotatable bonds is 9. The van der Waals surface area contributed by atoms with Gasteiger partial charge >= 0.3 is 0 Å². The number of aliphatic imine (C=N–C) groups is 1. The van der Waals surface area contributed by atoms with E-state index in [9.17, 15) is 0 Å². The number of benzene rings is 2. The molecule has 1 heterocycles. The summed E-state index contributed by atoms with van der Waals surface area (Å²) in [5.41, 5.74) is 2.28. The number of guanidine groups is 1. The summed E-state index contributed by atoms with van der Waals surface area (Å²) in [6.45, 7) is 5.92. The SMILES string of the molecule is Cc1nnc(CNC(=NCc2ccccc2OCC2CC2)NC(C)c2ccccc2)n1C.I. The Morgan fingerprint density at radius 3 is 2.55 bits per heavy atom. The summed E-state index contributed by atoms with van der Waals surface area (Å²) >= 11 is 0. The number of nitrogens with zero attached hydrogens (tertiary/aromatic N) is 4. The molecule has 1 fully saturated rings. The second-order valence-electron chi connectivity index (χ2n) is 8.38. The van der Waals surface area contributed by atoms with Crippen LogP contribution in [0.2, 0.25) is 0 Å². The van der Waals surface area contributed by atoms with Gasteiger partial charge in [-0.2, -0.15) is 0 Å². The van der Waals surface area contributed by atoms with Gasteiger partial charge in [0.15, 0.2) is 11.8 Å². The second-order valence-corrected chi connectivity index (χ2v) is 8.38. The van der Waals surface area contributed by atoms with Gasteiger partial charge in [0.05, 0.1) is 25.7 Å². The lowest BCUT2D eigenvalue weighted by atomic mass is 10.1. The van der Waals surface area contributed by atoms with Crippen molar-refractivity contribution < 1.29 is 4.74 Å². The van der Waals surface area contributed by atoms with Crippen molar-refractivity contribution in [2.45, 2.75) is 45.8 Å². The fourth-order valence-electron chi connectivity index (χ4n) is 3.38. The zero-order chi connectivity index (χ0) is 22.3. The highest BCUT2D eigenvalue weighted by atomic mass is 127. The van der Waals surface area contributed by atoms with Gasteiger partial charge in [0.2, 0.25) is 0 Å². The van der Waals surface area contributed by atoms with Crippen LogP contribution in [-0.4, -0.2) is 27.3 Å². The van der Waals surface area contributed by atoms with Crippen molar-refractivity contribution in [2.24, 2.45) is 18.0 Å². The average Bonchev–Trinajstić information content (AvgIpc) is 3.60. The van der Waals surface area contributed by atoms with Crippen LogP contribution in [0, 0.1) is 12.8 Å². The van der Waals surface area contributed by atoms with E-state index in [1.54, 1.807) is 0 Å². The number of hydrogen-bond acceptors (Lipinski definition) is 4. The summed E-state index contributed by atoms with van der Waals surface area (Å²) in [6, 6.07) is 18.6. The van der Waals surface area contributed by atoms with Crippen LogP contribution in [0.3, 0.4) is 0 Å². The van der Waals surface area contributed by atoms with Crippen LogP contribution in [0.15, 0.2) is 59.6 Å². The van der Waals surface area contributed by atoms with Gasteiger partial charge in [-0.25, -0.2) is 4.99 Å². The molecule has 8 heteroatoms. The van der Waals surface area contributed by atoms with E-state index < -0.39 is 0 Å². The maximum atomic E-state index is 6.06. The highest BCUT2D eigenvalue weighted by Gasteiger charge is 2.22. The minimum Gasteiger partial charge on any atom is -0.493 e. The lowest BCUT2D eigenvalue weighted by Crippen LogP contribution is -2.39. The first-order chi connectivity index (χ1) is 15.6. The molecule has 1 atom stereocenters. The lowest BCUT2D eigenvalue weighted by molar-refractivity contribution is 0.297. The molecule has 0 spiro atoms. The van der Waals surface area contributed by atoms with Crippen molar-refractivity contribution in [3.8, 4) is 5.75 Å². The van der Waals surface area contributed by atoms with Gasteiger partial charge in [0.25, 0.3) is 0 Å². The Hall–Kier alpha value is -2.62. The smallest absolute Gasteiger partial charge is 0.192 e. The second kappa shape index (κ2) is 12.0. The van der Waals surface area contributed by atoms with E-state index >= 15 is 0 Å².